The molecule has 2 rings (SSSR count). The van der Waals surface area contributed by atoms with Crippen LogP contribution in [-0.4, -0.2) is 42.0 Å². The minimum absolute atomic E-state index is 0.0140. The third-order valence-corrected chi connectivity index (χ3v) is 8.50. The molecular weight excluding hydrogens is 520 g/mol. The molecule has 0 amide bonds. The van der Waals surface area contributed by atoms with Gasteiger partial charge in [-0.1, -0.05) is 29.8 Å². The highest BCUT2D eigenvalue weighted by molar-refractivity contribution is 9.10. The maximum absolute atomic E-state index is 12.7. The van der Waals surface area contributed by atoms with Gasteiger partial charge in [0.15, 0.2) is 0 Å². The Morgan fingerprint density at radius 2 is 1.66 bits per heavy atom. The Morgan fingerprint density at radius 1 is 1.00 bits per heavy atom. The average Bonchev–Trinajstić information content (AvgIpc) is 2.73. The number of hydrogen-bond donors (Lipinski definition) is 2. The number of esters is 1. The van der Waals surface area contributed by atoms with Crippen molar-refractivity contribution in [1.29, 1.82) is 0 Å². The van der Waals surface area contributed by atoms with E-state index in [1.165, 1.54) is 18.2 Å². The topological polar surface area (TPSA) is 119 Å². The number of halogens is 1. The van der Waals surface area contributed by atoms with Crippen molar-refractivity contribution >= 4 is 41.9 Å². The molecule has 2 aromatic carbocycles. The summed E-state index contributed by atoms with van der Waals surface area (Å²) in [6.07, 6.45) is 0.977. The number of aryl methyl sites for hydroxylation is 1. The van der Waals surface area contributed by atoms with Crippen LogP contribution in [0.5, 0.6) is 0 Å². The lowest BCUT2D eigenvalue weighted by molar-refractivity contribution is -0.145. The summed E-state index contributed by atoms with van der Waals surface area (Å²) in [6, 6.07) is 11.7. The predicted molar refractivity (Wildman–Crippen MR) is 125 cm³/mol. The number of sulfonamides is 2. The van der Waals surface area contributed by atoms with Gasteiger partial charge in [-0.15, -0.1) is 0 Å². The molecule has 176 valence electrons. The average molecular weight is 547 g/mol. The van der Waals surface area contributed by atoms with Crippen molar-refractivity contribution < 1.29 is 26.4 Å². The number of carbonyl (C=O) groups excluding carboxylic acids is 1. The molecule has 0 aliphatic carbocycles. The molecule has 0 aromatic heterocycles. The van der Waals surface area contributed by atoms with Gasteiger partial charge in [-0.05, 0) is 73.3 Å². The molecule has 32 heavy (non-hydrogen) atoms. The molecule has 2 N–H and O–H groups in total. The summed E-state index contributed by atoms with van der Waals surface area (Å²) in [5.74, 6) is -0.677. The molecule has 1 atom stereocenters. The lowest BCUT2D eigenvalue weighted by Crippen LogP contribution is -2.42. The van der Waals surface area contributed by atoms with Crippen molar-refractivity contribution in [2.45, 2.75) is 48.9 Å². The summed E-state index contributed by atoms with van der Waals surface area (Å²) < 4.78 is 60.4. The second kappa shape index (κ2) is 11.9. The summed E-state index contributed by atoms with van der Waals surface area (Å²) in [5, 5.41) is 0. The predicted octanol–water partition coefficient (Wildman–Crippen LogP) is 3.12. The fraction of sp³-hybridized carbons (Fsp3) is 0.381. The van der Waals surface area contributed by atoms with Crippen LogP contribution in [0, 0.1) is 6.92 Å². The molecule has 11 heteroatoms. The summed E-state index contributed by atoms with van der Waals surface area (Å²) in [5.41, 5.74) is 0.957. The Kier molecular flexibility index (Phi) is 9.83. The van der Waals surface area contributed by atoms with Crippen molar-refractivity contribution in [3.05, 3.63) is 58.6 Å². The standard InChI is InChI=1S/C21H27BrN2O6S2/c1-3-30-21(25)19(24-32(28,29)20-10-5-4-8-18(20)22)9-6-7-15-23-31(26,27)17-13-11-16(2)12-14-17/h4-5,8,10-14,19,23-24H,3,6-7,9,15H2,1-2H3/t19-/m0/s1. The van der Waals surface area contributed by atoms with E-state index in [4.69, 9.17) is 4.74 Å². The Morgan fingerprint density at radius 3 is 2.28 bits per heavy atom. The summed E-state index contributed by atoms with van der Waals surface area (Å²) in [4.78, 5) is 12.5. The molecule has 0 aliphatic heterocycles. The molecule has 0 unspecified atom stereocenters. The Hall–Kier alpha value is -1.79. The zero-order valence-corrected chi connectivity index (χ0v) is 21.1. The second-order valence-electron chi connectivity index (χ2n) is 7.06. The third kappa shape index (κ3) is 7.66. The van der Waals surface area contributed by atoms with E-state index in [0.717, 1.165) is 5.56 Å². The van der Waals surface area contributed by atoms with Crippen LogP contribution in [-0.2, 0) is 29.6 Å². The number of unbranched alkanes of at least 4 members (excludes halogenated alkanes) is 1. The largest absolute Gasteiger partial charge is 0.465 e. The first-order valence-corrected chi connectivity index (χ1v) is 13.8. The number of rotatable bonds is 12. The fourth-order valence-electron chi connectivity index (χ4n) is 2.86. The molecule has 2 aromatic rings. The first kappa shape index (κ1) is 26.5. The first-order valence-electron chi connectivity index (χ1n) is 10.1. The van der Waals surface area contributed by atoms with E-state index >= 15 is 0 Å². The summed E-state index contributed by atoms with van der Waals surface area (Å²) >= 11 is 3.20. The van der Waals surface area contributed by atoms with Gasteiger partial charge in [-0.2, -0.15) is 4.72 Å². The molecule has 0 fully saturated rings. The van der Waals surface area contributed by atoms with Crippen LogP contribution in [0.3, 0.4) is 0 Å². The van der Waals surface area contributed by atoms with E-state index in [0.29, 0.717) is 17.3 Å². The smallest absolute Gasteiger partial charge is 0.324 e. The lowest BCUT2D eigenvalue weighted by atomic mass is 10.1. The van der Waals surface area contributed by atoms with Crippen molar-refractivity contribution in [3.63, 3.8) is 0 Å². The van der Waals surface area contributed by atoms with E-state index in [9.17, 15) is 21.6 Å². The van der Waals surface area contributed by atoms with Gasteiger partial charge >= 0.3 is 5.97 Å². The Bertz CT molecular complexity index is 1120. The Balaban J connectivity index is 1.96. The van der Waals surface area contributed by atoms with Crippen LogP contribution >= 0.6 is 15.9 Å². The normalized spacial score (nSPS) is 13.0. The zero-order valence-electron chi connectivity index (χ0n) is 17.9. The number of carbonyl (C=O) groups is 1. The Labute approximate surface area is 198 Å². The van der Waals surface area contributed by atoms with Crippen molar-refractivity contribution in [2.24, 2.45) is 0 Å². The van der Waals surface area contributed by atoms with Crippen LogP contribution in [0.2, 0.25) is 0 Å². The minimum atomic E-state index is -3.97. The molecule has 0 radical (unpaired) electrons. The van der Waals surface area contributed by atoms with E-state index < -0.39 is 32.1 Å². The van der Waals surface area contributed by atoms with Crippen LogP contribution in [0.1, 0.15) is 31.7 Å². The van der Waals surface area contributed by atoms with Crippen LogP contribution in [0.15, 0.2) is 62.8 Å². The number of ether oxygens (including phenoxy) is 1. The quantitative estimate of drug-likeness (QED) is 0.312. The first-order chi connectivity index (χ1) is 15.1. The molecule has 0 heterocycles. The van der Waals surface area contributed by atoms with Gasteiger partial charge in [-0.25, -0.2) is 21.6 Å². The van der Waals surface area contributed by atoms with Crippen LogP contribution < -0.4 is 9.44 Å². The van der Waals surface area contributed by atoms with E-state index in [2.05, 4.69) is 25.4 Å². The van der Waals surface area contributed by atoms with Crippen molar-refractivity contribution in [2.75, 3.05) is 13.2 Å². The summed E-state index contributed by atoms with van der Waals surface area (Å²) in [7, 11) is -7.60. The van der Waals surface area contributed by atoms with E-state index in [-0.39, 0.29) is 29.4 Å². The highest BCUT2D eigenvalue weighted by Gasteiger charge is 2.27. The van der Waals surface area contributed by atoms with E-state index in [1.54, 1.807) is 37.3 Å². The monoisotopic (exact) mass is 546 g/mol. The van der Waals surface area contributed by atoms with Gasteiger partial charge in [0.05, 0.1) is 16.4 Å². The van der Waals surface area contributed by atoms with Gasteiger partial charge in [-0.3, -0.25) is 4.79 Å². The molecule has 8 nitrogen and oxygen atoms in total. The third-order valence-electron chi connectivity index (χ3n) is 4.54. The van der Waals surface area contributed by atoms with Gasteiger partial charge in [0.1, 0.15) is 6.04 Å². The maximum Gasteiger partial charge on any atom is 0.324 e. The van der Waals surface area contributed by atoms with Crippen molar-refractivity contribution in [3.8, 4) is 0 Å². The minimum Gasteiger partial charge on any atom is -0.465 e. The lowest BCUT2D eigenvalue weighted by Gasteiger charge is -2.18. The number of benzene rings is 2. The molecule has 0 spiro atoms. The molecule has 0 aliphatic rings. The molecule has 0 saturated carbocycles. The maximum atomic E-state index is 12.7. The fourth-order valence-corrected chi connectivity index (χ4v) is 6.16. The zero-order chi connectivity index (χ0) is 23.8. The van der Waals surface area contributed by atoms with Gasteiger partial charge < -0.3 is 4.74 Å². The summed E-state index contributed by atoms with van der Waals surface area (Å²) in [6.45, 7) is 3.77. The van der Waals surface area contributed by atoms with Gasteiger partial charge in [0.25, 0.3) is 0 Å². The van der Waals surface area contributed by atoms with Crippen LogP contribution in [0.25, 0.3) is 0 Å². The highest BCUT2D eigenvalue weighted by Crippen LogP contribution is 2.22. The van der Waals surface area contributed by atoms with Gasteiger partial charge in [0.2, 0.25) is 20.0 Å². The van der Waals surface area contributed by atoms with Crippen LogP contribution in [0.4, 0.5) is 0 Å². The molecular formula is C21H27BrN2O6S2. The van der Waals surface area contributed by atoms with E-state index in [1.807, 2.05) is 6.92 Å². The SMILES string of the molecule is CCOC(=O)[C@H](CCCCNS(=O)(=O)c1ccc(C)cc1)NS(=O)(=O)c1ccccc1Br. The highest BCUT2D eigenvalue weighted by atomic mass is 79.9. The number of nitrogens with one attached hydrogen (secondary N) is 2. The molecule has 0 saturated heterocycles. The number of hydrogen-bond acceptors (Lipinski definition) is 6. The van der Waals surface area contributed by atoms with Gasteiger partial charge in [0, 0.05) is 11.0 Å². The second-order valence-corrected chi connectivity index (χ2v) is 11.4. The molecule has 0 bridgehead atoms. The van der Waals surface area contributed by atoms with Crippen molar-refractivity contribution in [1.82, 2.24) is 9.44 Å².